The number of aromatic nitrogens is 1. The van der Waals surface area contributed by atoms with Gasteiger partial charge in [0.05, 0.1) is 0 Å². The second kappa shape index (κ2) is 7.73. The predicted molar refractivity (Wildman–Crippen MR) is 97.4 cm³/mol. The van der Waals surface area contributed by atoms with Crippen molar-refractivity contribution in [3.8, 4) is 0 Å². The average molecular weight is 413 g/mol. The molecule has 1 amide bonds. The average Bonchev–Trinajstić information content (AvgIpc) is 2.52. The number of benzene rings is 1. The van der Waals surface area contributed by atoms with Gasteiger partial charge in [0.1, 0.15) is 5.69 Å². The van der Waals surface area contributed by atoms with Crippen molar-refractivity contribution in [3.05, 3.63) is 43.8 Å². The Morgan fingerprint density at radius 2 is 2.00 bits per heavy atom. The number of hydrogen-bond donors (Lipinski definition) is 2. The molecule has 0 aliphatic heterocycles. The smallest absolute Gasteiger partial charge is 0.267 e. The first kappa shape index (κ1) is 17.0. The standard InChI is InChI=1S/C16H20IN3O2/c1-3-20(4-2)8-7-18-16(22)14-10-15(21)12-9-11(17)5-6-13(12)19-14/h5-6,9-10H,3-4,7-8H2,1-2H3,(H,18,22)(H,19,21). The number of fused-ring (bicyclic) bond motifs is 1. The Labute approximate surface area is 143 Å². The lowest BCUT2D eigenvalue weighted by Crippen LogP contribution is -2.35. The van der Waals surface area contributed by atoms with Crippen LogP contribution in [0, 0.1) is 3.57 Å². The summed E-state index contributed by atoms with van der Waals surface area (Å²) in [5.41, 5.74) is 0.848. The minimum absolute atomic E-state index is 0.138. The summed E-state index contributed by atoms with van der Waals surface area (Å²) < 4.78 is 0.993. The molecule has 0 aliphatic carbocycles. The fourth-order valence-corrected chi connectivity index (χ4v) is 2.80. The maximum atomic E-state index is 12.2. The number of H-pyrrole nitrogens is 1. The van der Waals surface area contributed by atoms with E-state index in [0.717, 1.165) is 23.2 Å². The third-order valence-electron chi connectivity index (χ3n) is 3.64. The van der Waals surface area contributed by atoms with E-state index in [9.17, 15) is 9.59 Å². The number of hydrogen-bond acceptors (Lipinski definition) is 3. The molecule has 0 atom stereocenters. The van der Waals surface area contributed by atoms with E-state index in [1.807, 2.05) is 18.2 Å². The lowest BCUT2D eigenvalue weighted by Gasteiger charge is -2.17. The first-order valence-corrected chi connectivity index (χ1v) is 8.46. The van der Waals surface area contributed by atoms with Crippen molar-refractivity contribution in [2.75, 3.05) is 26.2 Å². The van der Waals surface area contributed by atoms with Gasteiger partial charge < -0.3 is 15.2 Å². The van der Waals surface area contributed by atoms with E-state index in [0.29, 0.717) is 23.1 Å². The van der Waals surface area contributed by atoms with Crippen LogP contribution in [0.5, 0.6) is 0 Å². The largest absolute Gasteiger partial charge is 0.350 e. The monoisotopic (exact) mass is 413 g/mol. The number of aromatic amines is 1. The third-order valence-corrected chi connectivity index (χ3v) is 4.32. The highest BCUT2D eigenvalue weighted by Crippen LogP contribution is 2.12. The number of halogens is 1. The Bertz CT molecular complexity index is 723. The van der Waals surface area contributed by atoms with Crippen LogP contribution in [0.2, 0.25) is 0 Å². The number of carbonyl (C=O) groups is 1. The molecule has 2 rings (SSSR count). The van der Waals surface area contributed by atoms with Crippen molar-refractivity contribution < 1.29 is 4.79 Å². The molecule has 118 valence electrons. The molecule has 2 aromatic rings. The van der Waals surface area contributed by atoms with E-state index in [1.54, 1.807) is 0 Å². The Hall–Kier alpha value is -1.41. The van der Waals surface area contributed by atoms with Crippen molar-refractivity contribution in [2.24, 2.45) is 0 Å². The lowest BCUT2D eigenvalue weighted by molar-refractivity contribution is 0.0944. The minimum atomic E-state index is -0.246. The van der Waals surface area contributed by atoms with Crippen LogP contribution in [0.25, 0.3) is 10.9 Å². The predicted octanol–water partition coefficient (Wildman–Crippen LogP) is 2.20. The van der Waals surface area contributed by atoms with Crippen LogP contribution < -0.4 is 10.7 Å². The van der Waals surface area contributed by atoms with Crippen LogP contribution in [0.15, 0.2) is 29.1 Å². The van der Waals surface area contributed by atoms with Gasteiger partial charge in [-0.1, -0.05) is 13.8 Å². The minimum Gasteiger partial charge on any atom is -0.350 e. The topological polar surface area (TPSA) is 65.2 Å². The van der Waals surface area contributed by atoms with Gasteiger partial charge in [-0.05, 0) is 53.9 Å². The van der Waals surface area contributed by atoms with Gasteiger partial charge in [0, 0.05) is 33.6 Å². The Kier molecular flexibility index (Phi) is 5.96. The maximum absolute atomic E-state index is 12.2. The summed E-state index contributed by atoms with van der Waals surface area (Å²) in [7, 11) is 0. The molecule has 0 radical (unpaired) electrons. The fraction of sp³-hybridized carbons (Fsp3) is 0.375. The molecule has 6 heteroatoms. The molecule has 1 aromatic heterocycles. The van der Waals surface area contributed by atoms with Gasteiger partial charge in [-0.2, -0.15) is 0 Å². The number of likely N-dealkylation sites (N-methyl/N-ethyl adjacent to an activating group) is 1. The van der Waals surface area contributed by atoms with Gasteiger partial charge >= 0.3 is 0 Å². The van der Waals surface area contributed by atoms with E-state index < -0.39 is 0 Å². The van der Waals surface area contributed by atoms with Crippen LogP contribution in [0.1, 0.15) is 24.3 Å². The lowest BCUT2D eigenvalue weighted by atomic mass is 10.2. The zero-order valence-electron chi connectivity index (χ0n) is 12.8. The summed E-state index contributed by atoms with van der Waals surface area (Å²) in [5, 5.41) is 3.45. The van der Waals surface area contributed by atoms with Crippen LogP contribution in [0.3, 0.4) is 0 Å². The number of nitrogens with one attached hydrogen (secondary N) is 2. The molecule has 22 heavy (non-hydrogen) atoms. The molecule has 0 saturated carbocycles. The Morgan fingerprint density at radius 1 is 1.27 bits per heavy atom. The Morgan fingerprint density at radius 3 is 2.68 bits per heavy atom. The molecule has 1 heterocycles. The van der Waals surface area contributed by atoms with Crippen LogP contribution in [0.4, 0.5) is 0 Å². The van der Waals surface area contributed by atoms with Crippen LogP contribution in [-0.2, 0) is 0 Å². The van der Waals surface area contributed by atoms with Crippen molar-refractivity contribution in [3.63, 3.8) is 0 Å². The highest BCUT2D eigenvalue weighted by atomic mass is 127. The van der Waals surface area contributed by atoms with Gasteiger partial charge in [-0.25, -0.2) is 0 Å². The molecule has 0 bridgehead atoms. The molecule has 0 unspecified atom stereocenters. The molecule has 1 aromatic carbocycles. The van der Waals surface area contributed by atoms with Crippen LogP contribution >= 0.6 is 22.6 Å². The quantitative estimate of drug-likeness (QED) is 0.714. The maximum Gasteiger partial charge on any atom is 0.267 e. The van der Waals surface area contributed by atoms with Crippen molar-refractivity contribution >= 4 is 39.4 Å². The summed E-state index contributed by atoms with van der Waals surface area (Å²) in [5.74, 6) is -0.246. The van der Waals surface area contributed by atoms with Gasteiger partial charge in [-0.15, -0.1) is 0 Å². The summed E-state index contributed by atoms with van der Waals surface area (Å²) >= 11 is 2.16. The number of rotatable bonds is 6. The summed E-state index contributed by atoms with van der Waals surface area (Å²) in [6.07, 6.45) is 0. The van der Waals surface area contributed by atoms with E-state index >= 15 is 0 Å². The van der Waals surface area contributed by atoms with Gasteiger partial charge in [-0.3, -0.25) is 9.59 Å². The van der Waals surface area contributed by atoms with E-state index in [2.05, 4.69) is 51.6 Å². The van der Waals surface area contributed by atoms with E-state index in [-0.39, 0.29) is 11.3 Å². The van der Waals surface area contributed by atoms with Gasteiger partial charge in [0.2, 0.25) is 0 Å². The molecule has 0 saturated heterocycles. The zero-order valence-corrected chi connectivity index (χ0v) is 14.9. The number of amides is 1. The van der Waals surface area contributed by atoms with Crippen molar-refractivity contribution in [1.82, 2.24) is 15.2 Å². The molecule has 0 fully saturated rings. The molecular formula is C16H20IN3O2. The Balaban J connectivity index is 2.12. The summed E-state index contributed by atoms with van der Waals surface area (Å²) in [4.78, 5) is 29.5. The van der Waals surface area contributed by atoms with Gasteiger partial charge in [0.25, 0.3) is 5.91 Å². The van der Waals surface area contributed by atoms with Crippen molar-refractivity contribution in [1.29, 1.82) is 0 Å². The number of nitrogens with zero attached hydrogens (tertiary/aromatic N) is 1. The number of pyridine rings is 1. The SMILES string of the molecule is CCN(CC)CCNC(=O)c1cc(=O)c2cc(I)ccc2[nH]1. The highest BCUT2D eigenvalue weighted by molar-refractivity contribution is 14.1. The summed E-state index contributed by atoms with van der Waals surface area (Å²) in [6, 6.07) is 6.91. The van der Waals surface area contributed by atoms with Gasteiger partial charge in [0.15, 0.2) is 5.43 Å². The van der Waals surface area contributed by atoms with Crippen molar-refractivity contribution in [2.45, 2.75) is 13.8 Å². The molecule has 0 spiro atoms. The molecule has 2 N–H and O–H groups in total. The molecular weight excluding hydrogens is 393 g/mol. The second-order valence-corrected chi connectivity index (χ2v) is 6.27. The first-order valence-electron chi connectivity index (χ1n) is 7.38. The molecule has 0 aliphatic rings. The third kappa shape index (κ3) is 4.07. The van der Waals surface area contributed by atoms with E-state index in [1.165, 1.54) is 6.07 Å². The zero-order chi connectivity index (χ0) is 16.1. The fourth-order valence-electron chi connectivity index (χ4n) is 2.30. The first-order chi connectivity index (χ1) is 10.5. The number of carbonyl (C=O) groups excluding carboxylic acids is 1. The van der Waals surface area contributed by atoms with E-state index in [4.69, 9.17) is 0 Å². The normalized spacial score (nSPS) is 11.1. The van der Waals surface area contributed by atoms with Crippen LogP contribution in [-0.4, -0.2) is 42.0 Å². The second-order valence-electron chi connectivity index (χ2n) is 5.02. The highest BCUT2D eigenvalue weighted by Gasteiger charge is 2.10. The molecule has 5 nitrogen and oxygen atoms in total. The summed E-state index contributed by atoms with van der Waals surface area (Å²) in [6.45, 7) is 7.46.